The van der Waals surface area contributed by atoms with Crippen LogP contribution in [0.5, 0.6) is 0 Å². The van der Waals surface area contributed by atoms with Crippen molar-refractivity contribution < 1.29 is 9.21 Å². The van der Waals surface area contributed by atoms with E-state index in [4.69, 9.17) is 4.42 Å². The monoisotopic (exact) mass is 219 g/mol. The summed E-state index contributed by atoms with van der Waals surface area (Å²) in [5.74, 6) is 0.134. The number of nitrogens with zero attached hydrogens (tertiary/aromatic N) is 2. The second-order valence-corrected chi connectivity index (χ2v) is 3.61. The van der Waals surface area contributed by atoms with Crippen LogP contribution >= 0.6 is 0 Å². The molecule has 5 nitrogen and oxygen atoms in total. The molecule has 5 heteroatoms. The van der Waals surface area contributed by atoms with Crippen LogP contribution in [0.2, 0.25) is 0 Å². The third-order valence-electron chi connectivity index (χ3n) is 2.17. The standard InChI is InChI=1S/C11H13N3O2/c1-9(7-14-5-4-12-8-14)13-11(15)10-3-2-6-16-10/h2-6,8-9H,7H2,1H3,(H,13,15)/t9-/m0/s1. The lowest BCUT2D eigenvalue weighted by Gasteiger charge is -2.13. The molecule has 2 heterocycles. The molecule has 2 aromatic rings. The molecule has 0 aliphatic rings. The molecule has 1 N–H and O–H groups in total. The van der Waals surface area contributed by atoms with E-state index in [1.807, 2.05) is 17.7 Å². The number of nitrogens with one attached hydrogen (secondary N) is 1. The molecule has 0 saturated carbocycles. The van der Waals surface area contributed by atoms with Crippen molar-refractivity contribution in [2.45, 2.75) is 19.5 Å². The summed E-state index contributed by atoms with van der Waals surface area (Å²) < 4.78 is 6.91. The van der Waals surface area contributed by atoms with Crippen LogP contribution in [0.15, 0.2) is 41.5 Å². The number of carbonyl (C=O) groups is 1. The summed E-state index contributed by atoms with van der Waals surface area (Å²) in [5, 5.41) is 2.84. The first-order valence-electron chi connectivity index (χ1n) is 5.06. The first kappa shape index (κ1) is 10.5. The van der Waals surface area contributed by atoms with Crippen LogP contribution in [-0.2, 0) is 6.54 Å². The Morgan fingerprint density at radius 2 is 2.56 bits per heavy atom. The Balaban J connectivity index is 1.88. The van der Waals surface area contributed by atoms with E-state index >= 15 is 0 Å². The van der Waals surface area contributed by atoms with Crippen LogP contribution in [0.4, 0.5) is 0 Å². The zero-order valence-corrected chi connectivity index (χ0v) is 8.96. The third-order valence-corrected chi connectivity index (χ3v) is 2.17. The predicted octanol–water partition coefficient (Wildman–Crippen LogP) is 1.29. The average Bonchev–Trinajstić information content (AvgIpc) is 2.88. The number of imidazole rings is 1. The highest BCUT2D eigenvalue weighted by Gasteiger charge is 2.11. The topological polar surface area (TPSA) is 60.1 Å². The molecule has 1 atom stereocenters. The summed E-state index contributed by atoms with van der Waals surface area (Å²) in [5.41, 5.74) is 0. The van der Waals surface area contributed by atoms with Gasteiger partial charge >= 0.3 is 0 Å². The van der Waals surface area contributed by atoms with E-state index in [0.717, 1.165) is 0 Å². The SMILES string of the molecule is C[C@@H](Cn1ccnc1)NC(=O)c1ccco1. The van der Waals surface area contributed by atoms with Crippen LogP contribution in [-0.4, -0.2) is 21.5 Å². The van der Waals surface area contributed by atoms with Crippen molar-refractivity contribution >= 4 is 5.91 Å². The van der Waals surface area contributed by atoms with Crippen LogP contribution in [0.1, 0.15) is 17.5 Å². The lowest BCUT2D eigenvalue weighted by molar-refractivity contribution is 0.0908. The number of hydrogen-bond donors (Lipinski definition) is 1. The van der Waals surface area contributed by atoms with E-state index in [1.54, 1.807) is 24.7 Å². The zero-order chi connectivity index (χ0) is 11.4. The Kier molecular flexibility index (Phi) is 3.05. The Morgan fingerprint density at radius 1 is 1.69 bits per heavy atom. The number of carbonyl (C=O) groups excluding carboxylic acids is 1. The summed E-state index contributed by atoms with van der Waals surface area (Å²) >= 11 is 0. The molecular formula is C11H13N3O2. The lowest BCUT2D eigenvalue weighted by atomic mass is 10.3. The van der Waals surface area contributed by atoms with E-state index in [-0.39, 0.29) is 11.9 Å². The van der Waals surface area contributed by atoms with Gasteiger partial charge in [0, 0.05) is 25.0 Å². The van der Waals surface area contributed by atoms with Gasteiger partial charge in [0.15, 0.2) is 5.76 Å². The van der Waals surface area contributed by atoms with Gasteiger partial charge in [-0.2, -0.15) is 0 Å². The van der Waals surface area contributed by atoms with Crippen molar-refractivity contribution in [3.8, 4) is 0 Å². The maximum absolute atomic E-state index is 11.6. The van der Waals surface area contributed by atoms with E-state index in [9.17, 15) is 4.79 Å². The molecule has 2 rings (SSSR count). The van der Waals surface area contributed by atoms with E-state index in [2.05, 4.69) is 10.3 Å². The van der Waals surface area contributed by atoms with Crippen LogP contribution in [0, 0.1) is 0 Å². The molecule has 0 bridgehead atoms. The van der Waals surface area contributed by atoms with Crippen LogP contribution in [0.3, 0.4) is 0 Å². The number of rotatable bonds is 4. The van der Waals surface area contributed by atoms with Crippen molar-refractivity contribution in [2.75, 3.05) is 0 Å². The average molecular weight is 219 g/mol. The van der Waals surface area contributed by atoms with Crippen molar-refractivity contribution in [3.63, 3.8) is 0 Å². The fraction of sp³-hybridized carbons (Fsp3) is 0.273. The molecule has 16 heavy (non-hydrogen) atoms. The van der Waals surface area contributed by atoms with E-state index in [0.29, 0.717) is 12.3 Å². The molecule has 0 aliphatic heterocycles. The van der Waals surface area contributed by atoms with Gasteiger partial charge in [-0.1, -0.05) is 0 Å². The largest absolute Gasteiger partial charge is 0.459 e. The maximum atomic E-state index is 11.6. The molecule has 0 saturated heterocycles. The highest BCUT2D eigenvalue weighted by Crippen LogP contribution is 2.00. The van der Waals surface area contributed by atoms with Gasteiger partial charge in [0.1, 0.15) is 0 Å². The Bertz CT molecular complexity index is 434. The minimum Gasteiger partial charge on any atom is -0.459 e. The Hall–Kier alpha value is -2.04. The number of aromatic nitrogens is 2. The zero-order valence-electron chi connectivity index (χ0n) is 8.96. The quantitative estimate of drug-likeness (QED) is 0.843. The summed E-state index contributed by atoms with van der Waals surface area (Å²) in [6.07, 6.45) is 6.77. The maximum Gasteiger partial charge on any atom is 0.287 e. The number of furan rings is 1. The smallest absolute Gasteiger partial charge is 0.287 e. The highest BCUT2D eigenvalue weighted by atomic mass is 16.3. The Labute approximate surface area is 93.1 Å². The van der Waals surface area contributed by atoms with Gasteiger partial charge in [0.2, 0.25) is 0 Å². The van der Waals surface area contributed by atoms with Crippen molar-refractivity contribution in [1.29, 1.82) is 0 Å². The predicted molar refractivity (Wildman–Crippen MR) is 57.9 cm³/mol. The molecule has 0 unspecified atom stereocenters. The van der Waals surface area contributed by atoms with Crippen LogP contribution < -0.4 is 5.32 Å². The number of hydrogen-bond acceptors (Lipinski definition) is 3. The number of amides is 1. The van der Waals surface area contributed by atoms with E-state index in [1.165, 1.54) is 6.26 Å². The molecule has 1 amide bonds. The van der Waals surface area contributed by atoms with Gasteiger partial charge < -0.3 is 14.3 Å². The fourth-order valence-corrected chi connectivity index (χ4v) is 1.46. The molecular weight excluding hydrogens is 206 g/mol. The van der Waals surface area contributed by atoms with Gasteiger partial charge in [-0.3, -0.25) is 4.79 Å². The van der Waals surface area contributed by atoms with Gasteiger partial charge in [-0.15, -0.1) is 0 Å². The minimum atomic E-state index is -0.197. The normalized spacial score (nSPS) is 12.3. The lowest BCUT2D eigenvalue weighted by Crippen LogP contribution is -2.35. The third kappa shape index (κ3) is 2.50. The second-order valence-electron chi connectivity index (χ2n) is 3.61. The van der Waals surface area contributed by atoms with Gasteiger partial charge in [-0.25, -0.2) is 4.98 Å². The minimum absolute atomic E-state index is 0.0202. The van der Waals surface area contributed by atoms with Crippen LogP contribution in [0.25, 0.3) is 0 Å². The Morgan fingerprint density at radius 3 is 3.19 bits per heavy atom. The second kappa shape index (κ2) is 4.65. The highest BCUT2D eigenvalue weighted by molar-refractivity contribution is 5.91. The molecule has 0 fully saturated rings. The molecule has 0 aliphatic carbocycles. The van der Waals surface area contributed by atoms with Crippen molar-refractivity contribution in [2.24, 2.45) is 0 Å². The van der Waals surface area contributed by atoms with Gasteiger partial charge in [0.25, 0.3) is 5.91 Å². The fourth-order valence-electron chi connectivity index (χ4n) is 1.46. The van der Waals surface area contributed by atoms with Gasteiger partial charge in [0.05, 0.1) is 12.6 Å². The summed E-state index contributed by atoms with van der Waals surface area (Å²) in [6, 6.07) is 3.35. The molecule has 0 aromatic carbocycles. The van der Waals surface area contributed by atoms with E-state index < -0.39 is 0 Å². The summed E-state index contributed by atoms with van der Waals surface area (Å²) in [6.45, 7) is 2.62. The first-order chi connectivity index (χ1) is 7.75. The first-order valence-corrected chi connectivity index (χ1v) is 5.06. The molecule has 84 valence electrons. The summed E-state index contributed by atoms with van der Waals surface area (Å²) in [4.78, 5) is 15.6. The molecule has 0 radical (unpaired) electrons. The summed E-state index contributed by atoms with van der Waals surface area (Å²) in [7, 11) is 0. The van der Waals surface area contributed by atoms with Crippen molar-refractivity contribution in [3.05, 3.63) is 42.9 Å². The molecule has 2 aromatic heterocycles. The van der Waals surface area contributed by atoms with Gasteiger partial charge in [-0.05, 0) is 19.1 Å². The molecule has 0 spiro atoms. The van der Waals surface area contributed by atoms with Crippen molar-refractivity contribution in [1.82, 2.24) is 14.9 Å².